The molecule has 0 heterocycles. The first-order chi connectivity index (χ1) is 9.17. The Morgan fingerprint density at radius 2 is 2.16 bits per heavy atom. The van der Waals surface area contributed by atoms with E-state index in [1.165, 1.54) is 0 Å². The van der Waals surface area contributed by atoms with Gasteiger partial charge in [0.1, 0.15) is 5.75 Å². The highest BCUT2D eigenvalue weighted by Crippen LogP contribution is 2.26. The molecule has 0 saturated carbocycles. The van der Waals surface area contributed by atoms with Crippen molar-refractivity contribution in [2.45, 2.75) is 26.2 Å². The molecule has 0 fully saturated rings. The predicted molar refractivity (Wildman–Crippen MR) is 79.0 cm³/mol. The van der Waals surface area contributed by atoms with Crippen LogP contribution in [0.2, 0.25) is 5.02 Å². The van der Waals surface area contributed by atoms with Gasteiger partial charge in [0.05, 0.1) is 18.7 Å². The van der Waals surface area contributed by atoms with Crippen molar-refractivity contribution in [2.24, 2.45) is 0 Å². The summed E-state index contributed by atoms with van der Waals surface area (Å²) >= 11 is 6.00. The molecule has 0 saturated heterocycles. The summed E-state index contributed by atoms with van der Waals surface area (Å²) in [5, 5.41) is 6.42. The van der Waals surface area contributed by atoms with Crippen molar-refractivity contribution in [2.75, 3.05) is 25.5 Å². The summed E-state index contributed by atoms with van der Waals surface area (Å²) in [7, 11) is 1.57. The lowest BCUT2D eigenvalue weighted by molar-refractivity contribution is -0.119. The number of nitrogens with one attached hydrogen (secondary N) is 2. The van der Waals surface area contributed by atoms with Gasteiger partial charge >= 0.3 is 0 Å². The molecule has 1 rings (SSSR count). The summed E-state index contributed by atoms with van der Waals surface area (Å²) in [5.41, 5.74) is 0.800. The van der Waals surface area contributed by atoms with Gasteiger partial charge in [-0.1, -0.05) is 31.4 Å². The molecule has 1 aromatic rings. The molecule has 0 aromatic heterocycles. The van der Waals surface area contributed by atoms with E-state index in [2.05, 4.69) is 17.6 Å². The van der Waals surface area contributed by atoms with E-state index >= 15 is 0 Å². The summed E-state index contributed by atoms with van der Waals surface area (Å²) in [6.07, 6.45) is 3.32. The Morgan fingerprint density at radius 3 is 2.79 bits per heavy atom. The van der Waals surface area contributed by atoms with E-state index in [9.17, 15) is 4.79 Å². The number of amides is 1. The molecule has 1 aromatic carbocycles. The number of anilines is 1. The molecule has 0 bridgehead atoms. The highest BCUT2D eigenvalue weighted by molar-refractivity contribution is 6.32. The van der Waals surface area contributed by atoms with Crippen LogP contribution in [0.4, 0.5) is 5.69 Å². The third kappa shape index (κ3) is 5.83. The Labute approximate surface area is 119 Å². The topological polar surface area (TPSA) is 50.4 Å². The van der Waals surface area contributed by atoms with Crippen molar-refractivity contribution in [1.29, 1.82) is 0 Å². The number of benzene rings is 1. The average molecular weight is 285 g/mol. The minimum Gasteiger partial charge on any atom is -0.495 e. The first-order valence-electron chi connectivity index (χ1n) is 6.51. The second kappa shape index (κ2) is 8.64. The summed E-state index contributed by atoms with van der Waals surface area (Å²) in [4.78, 5) is 11.6. The van der Waals surface area contributed by atoms with Gasteiger partial charge in [-0.15, -0.1) is 0 Å². The molecule has 5 heteroatoms. The van der Waals surface area contributed by atoms with E-state index in [4.69, 9.17) is 16.3 Å². The number of hydrogen-bond donors (Lipinski definition) is 2. The number of hydrogen-bond acceptors (Lipinski definition) is 3. The Morgan fingerprint density at radius 1 is 1.37 bits per heavy atom. The van der Waals surface area contributed by atoms with E-state index in [0.29, 0.717) is 10.8 Å². The first-order valence-corrected chi connectivity index (χ1v) is 6.89. The monoisotopic (exact) mass is 284 g/mol. The highest BCUT2D eigenvalue weighted by atomic mass is 35.5. The van der Waals surface area contributed by atoms with Crippen LogP contribution in [-0.2, 0) is 4.79 Å². The van der Waals surface area contributed by atoms with Gasteiger partial charge in [0.2, 0.25) is 5.91 Å². The van der Waals surface area contributed by atoms with Crippen molar-refractivity contribution in [3.63, 3.8) is 0 Å². The standard InChI is InChI=1S/C14H21ClN2O2/c1-3-4-5-8-16-14(18)10-17-11-6-7-13(19-2)12(15)9-11/h6-7,9,17H,3-5,8,10H2,1-2H3,(H,16,18). The number of ether oxygens (including phenoxy) is 1. The van der Waals surface area contributed by atoms with Gasteiger partial charge in [-0.05, 0) is 24.6 Å². The Balaban J connectivity index is 2.32. The van der Waals surface area contributed by atoms with Gasteiger partial charge < -0.3 is 15.4 Å². The van der Waals surface area contributed by atoms with Gasteiger partial charge in [0, 0.05) is 12.2 Å². The van der Waals surface area contributed by atoms with Crippen molar-refractivity contribution in [1.82, 2.24) is 5.32 Å². The van der Waals surface area contributed by atoms with E-state index in [-0.39, 0.29) is 12.5 Å². The molecule has 0 aliphatic heterocycles. The van der Waals surface area contributed by atoms with E-state index in [1.54, 1.807) is 19.2 Å². The van der Waals surface area contributed by atoms with Gasteiger partial charge in [-0.2, -0.15) is 0 Å². The van der Waals surface area contributed by atoms with E-state index in [1.807, 2.05) is 6.07 Å². The second-order valence-electron chi connectivity index (χ2n) is 4.26. The summed E-state index contributed by atoms with van der Waals surface area (Å²) in [6.45, 7) is 3.11. The maximum Gasteiger partial charge on any atom is 0.239 e. The molecule has 0 aliphatic carbocycles. The number of unbranched alkanes of at least 4 members (excludes halogenated alkanes) is 2. The van der Waals surface area contributed by atoms with Crippen LogP contribution in [0, 0.1) is 0 Å². The van der Waals surface area contributed by atoms with Crippen LogP contribution < -0.4 is 15.4 Å². The third-order valence-corrected chi connectivity index (χ3v) is 3.00. The Kier molecular flexibility index (Phi) is 7.11. The zero-order valence-electron chi connectivity index (χ0n) is 11.5. The van der Waals surface area contributed by atoms with Crippen molar-refractivity contribution < 1.29 is 9.53 Å². The number of rotatable bonds is 8. The molecule has 0 aliphatic rings. The number of methoxy groups -OCH3 is 1. The Hall–Kier alpha value is -1.42. The summed E-state index contributed by atoms with van der Waals surface area (Å²) < 4.78 is 5.06. The lowest BCUT2D eigenvalue weighted by atomic mass is 10.2. The number of halogens is 1. The molecule has 0 unspecified atom stereocenters. The zero-order chi connectivity index (χ0) is 14.1. The Bertz CT molecular complexity index is 410. The van der Waals surface area contributed by atoms with Crippen LogP contribution >= 0.6 is 11.6 Å². The summed E-state index contributed by atoms with van der Waals surface area (Å²) in [6, 6.07) is 5.34. The molecule has 0 radical (unpaired) electrons. The first kappa shape index (κ1) is 15.6. The largest absolute Gasteiger partial charge is 0.495 e. The molecule has 2 N–H and O–H groups in total. The molecule has 4 nitrogen and oxygen atoms in total. The van der Waals surface area contributed by atoms with Crippen LogP contribution in [0.3, 0.4) is 0 Å². The van der Waals surface area contributed by atoms with Crippen molar-refractivity contribution >= 4 is 23.2 Å². The quantitative estimate of drug-likeness (QED) is 0.721. The van der Waals surface area contributed by atoms with Crippen LogP contribution in [0.5, 0.6) is 5.75 Å². The minimum absolute atomic E-state index is 0.0111. The van der Waals surface area contributed by atoms with E-state index < -0.39 is 0 Å². The van der Waals surface area contributed by atoms with E-state index in [0.717, 1.165) is 31.5 Å². The lowest BCUT2D eigenvalue weighted by Gasteiger charge is -2.09. The fraction of sp³-hybridized carbons (Fsp3) is 0.500. The second-order valence-corrected chi connectivity index (χ2v) is 4.67. The van der Waals surface area contributed by atoms with Crippen LogP contribution in [0.1, 0.15) is 26.2 Å². The van der Waals surface area contributed by atoms with Crippen molar-refractivity contribution in [3.05, 3.63) is 23.2 Å². The van der Waals surface area contributed by atoms with Gasteiger partial charge in [0.15, 0.2) is 0 Å². The van der Waals surface area contributed by atoms with Crippen LogP contribution in [-0.4, -0.2) is 26.1 Å². The molecule has 1 amide bonds. The van der Waals surface area contributed by atoms with Crippen molar-refractivity contribution in [3.8, 4) is 5.75 Å². The zero-order valence-corrected chi connectivity index (χ0v) is 12.2. The molecular formula is C14H21ClN2O2. The molecule has 19 heavy (non-hydrogen) atoms. The molecule has 0 atom stereocenters. The average Bonchev–Trinajstić information content (AvgIpc) is 2.41. The molecule has 106 valence electrons. The SMILES string of the molecule is CCCCCNC(=O)CNc1ccc(OC)c(Cl)c1. The van der Waals surface area contributed by atoms with Gasteiger partial charge in [0.25, 0.3) is 0 Å². The maximum absolute atomic E-state index is 11.6. The number of carbonyl (C=O) groups excluding carboxylic acids is 1. The fourth-order valence-corrected chi connectivity index (χ4v) is 1.88. The lowest BCUT2D eigenvalue weighted by Crippen LogP contribution is -2.30. The summed E-state index contributed by atoms with van der Waals surface area (Å²) in [5.74, 6) is 0.610. The van der Waals surface area contributed by atoms with Crippen LogP contribution in [0.25, 0.3) is 0 Å². The smallest absolute Gasteiger partial charge is 0.239 e. The van der Waals surface area contributed by atoms with Gasteiger partial charge in [-0.3, -0.25) is 4.79 Å². The number of carbonyl (C=O) groups is 1. The molecular weight excluding hydrogens is 264 g/mol. The fourth-order valence-electron chi connectivity index (χ4n) is 1.62. The highest BCUT2D eigenvalue weighted by Gasteiger charge is 2.03. The maximum atomic E-state index is 11.6. The normalized spacial score (nSPS) is 10.1. The van der Waals surface area contributed by atoms with Crippen LogP contribution in [0.15, 0.2) is 18.2 Å². The van der Waals surface area contributed by atoms with Gasteiger partial charge in [-0.25, -0.2) is 0 Å². The third-order valence-electron chi connectivity index (χ3n) is 2.71. The molecule has 0 spiro atoms. The predicted octanol–water partition coefficient (Wildman–Crippen LogP) is 3.07. The minimum atomic E-state index is -0.0111.